The molecule has 0 unspecified atom stereocenters. The van der Waals surface area contributed by atoms with Gasteiger partial charge in [0.1, 0.15) is 0 Å². The topological polar surface area (TPSA) is 12.0 Å². The summed E-state index contributed by atoms with van der Waals surface area (Å²) >= 11 is 1.68. The van der Waals surface area contributed by atoms with Gasteiger partial charge in [-0.1, -0.05) is 18.9 Å². The van der Waals surface area contributed by atoms with Crippen molar-refractivity contribution < 1.29 is 0 Å². The molecule has 0 heterocycles. The molecule has 6 heavy (non-hydrogen) atoms. The van der Waals surface area contributed by atoms with Crippen molar-refractivity contribution in [2.24, 2.45) is 0 Å². The van der Waals surface area contributed by atoms with Crippen LogP contribution in [0.4, 0.5) is 0 Å². The Hall–Kier alpha value is 0.310. The van der Waals surface area contributed by atoms with Crippen molar-refractivity contribution in [2.45, 2.75) is 13.3 Å². The highest BCUT2D eigenvalue weighted by Gasteiger charge is 1.71. The lowest BCUT2D eigenvalue weighted by Gasteiger charge is -1.90. The Kier molecular flexibility index (Phi) is 5.58. The van der Waals surface area contributed by atoms with E-state index in [2.05, 4.69) is 11.6 Å². The molecule has 1 N–H and O–H groups in total. The standard InChI is InChI=1S/C4H11NS/c1-3-4-5-6-2/h5H,3-4H2,1-2H3. The van der Waals surface area contributed by atoms with Gasteiger partial charge in [-0.3, -0.25) is 4.72 Å². The van der Waals surface area contributed by atoms with Crippen molar-refractivity contribution in [1.29, 1.82) is 0 Å². The third kappa shape index (κ3) is 4.31. The normalized spacial score (nSPS) is 9.00. The second-order valence-electron chi connectivity index (χ2n) is 1.10. The first-order valence-corrected chi connectivity index (χ1v) is 3.40. The summed E-state index contributed by atoms with van der Waals surface area (Å²) in [6.45, 7) is 3.28. The van der Waals surface area contributed by atoms with Gasteiger partial charge in [0.05, 0.1) is 0 Å². The van der Waals surface area contributed by atoms with Crippen LogP contribution in [0.5, 0.6) is 0 Å². The molecule has 0 aromatic heterocycles. The summed E-state index contributed by atoms with van der Waals surface area (Å²) in [4.78, 5) is 0. The number of rotatable bonds is 3. The molecular weight excluding hydrogens is 94.1 g/mol. The maximum Gasteiger partial charge on any atom is 0.00557 e. The summed E-state index contributed by atoms with van der Waals surface area (Å²) in [6, 6.07) is 0. The smallest absolute Gasteiger partial charge is 0.00557 e. The van der Waals surface area contributed by atoms with E-state index in [0.717, 1.165) is 6.54 Å². The van der Waals surface area contributed by atoms with E-state index < -0.39 is 0 Å². The van der Waals surface area contributed by atoms with Crippen LogP contribution in [0, 0.1) is 0 Å². The largest absolute Gasteiger partial charge is 0.264 e. The van der Waals surface area contributed by atoms with Gasteiger partial charge >= 0.3 is 0 Å². The number of hydrogen-bond donors (Lipinski definition) is 1. The average Bonchev–Trinajstić information content (AvgIpc) is 1.61. The van der Waals surface area contributed by atoms with E-state index in [0.29, 0.717) is 0 Å². The van der Waals surface area contributed by atoms with E-state index in [-0.39, 0.29) is 0 Å². The van der Waals surface area contributed by atoms with Crippen LogP contribution in [0.1, 0.15) is 13.3 Å². The third-order valence-corrected chi connectivity index (χ3v) is 0.989. The predicted molar refractivity (Wildman–Crippen MR) is 31.8 cm³/mol. The minimum atomic E-state index is 1.13. The maximum atomic E-state index is 3.11. The molecule has 2 heteroatoms. The van der Waals surface area contributed by atoms with Crippen LogP contribution in [0.25, 0.3) is 0 Å². The molecule has 0 aliphatic carbocycles. The first-order valence-electron chi connectivity index (χ1n) is 2.17. The van der Waals surface area contributed by atoms with E-state index in [9.17, 15) is 0 Å². The highest BCUT2D eigenvalue weighted by Crippen LogP contribution is 1.80. The molecule has 0 atom stereocenters. The van der Waals surface area contributed by atoms with Crippen molar-refractivity contribution in [3.63, 3.8) is 0 Å². The quantitative estimate of drug-likeness (QED) is 0.428. The Balaban J connectivity index is 2.34. The van der Waals surface area contributed by atoms with Crippen molar-refractivity contribution >= 4 is 11.9 Å². The van der Waals surface area contributed by atoms with Crippen LogP contribution in [0.15, 0.2) is 0 Å². The zero-order valence-corrected chi connectivity index (χ0v) is 5.14. The molecule has 0 aliphatic heterocycles. The summed E-state index contributed by atoms with van der Waals surface area (Å²) in [5, 5.41) is 0. The van der Waals surface area contributed by atoms with Crippen LogP contribution < -0.4 is 4.72 Å². The van der Waals surface area contributed by atoms with Gasteiger partial charge in [-0.25, -0.2) is 0 Å². The molecule has 0 saturated heterocycles. The van der Waals surface area contributed by atoms with Gasteiger partial charge in [-0.2, -0.15) is 0 Å². The molecule has 38 valence electrons. The molecule has 1 nitrogen and oxygen atoms in total. The molecule has 0 aliphatic rings. The lowest BCUT2D eigenvalue weighted by atomic mass is 10.5. The lowest BCUT2D eigenvalue weighted by Crippen LogP contribution is -2.01. The minimum Gasteiger partial charge on any atom is -0.264 e. The Labute approximate surface area is 43.6 Å². The van der Waals surface area contributed by atoms with Gasteiger partial charge in [0.25, 0.3) is 0 Å². The van der Waals surface area contributed by atoms with E-state index in [1.54, 1.807) is 11.9 Å². The van der Waals surface area contributed by atoms with Gasteiger partial charge in [0.2, 0.25) is 0 Å². The SMILES string of the molecule is CCCNSC. The molecule has 0 bridgehead atoms. The van der Waals surface area contributed by atoms with Crippen LogP contribution in [0.3, 0.4) is 0 Å². The Bertz CT molecular complexity index is 19.5. The van der Waals surface area contributed by atoms with Crippen molar-refractivity contribution in [3.05, 3.63) is 0 Å². The third-order valence-electron chi connectivity index (χ3n) is 0.496. The molecule has 0 rings (SSSR count). The van der Waals surface area contributed by atoms with Crippen molar-refractivity contribution in [2.75, 3.05) is 12.8 Å². The monoisotopic (exact) mass is 105 g/mol. The van der Waals surface area contributed by atoms with E-state index in [1.807, 2.05) is 6.26 Å². The number of hydrogen-bond acceptors (Lipinski definition) is 2. The summed E-state index contributed by atoms with van der Waals surface area (Å²) in [5.41, 5.74) is 0. The molecule has 0 aromatic carbocycles. The molecular formula is C4H11NS. The van der Waals surface area contributed by atoms with Gasteiger partial charge in [0.15, 0.2) is 0 Å². The molecule has 0 saturated carbocycles. The summed E-state index contributed by atoms with van der Waals surface area (Å²) < 4.78 is 3.11. The predicted octanol–water partition coefficient (Wildman–Crippen LogP) is 1.26. The van der Waals surface area contributed by atoms with E-state index in [4.69, 9.17) is 0 Å². The lowest BCUT2D eigenvalue weighted by molar-refractivity contribution is 0.879. The van der Waals surface area contributed by atoms with Crippen LogP contribution in [0.2, 0.25) is 0 Å². The van der Waals surface area contributed by atoms with Crippen molar-refractivity contribution in [1.82, 2.24) is 4.72 Å². The van der Waals surface area contributed by atoms with Crippen LogP contribution in [-0.2, 0) is 0 Å². The highest BCUT2D eigenvalue weighted by molar-refractivity contribution is 7.96. The molecule has 0 aromatic rings. The van der Waals surface area contributed by atoms with Crippen LogP contribution in [-0.4, -0.2) is 12.8 Å². The summed E-state index contributed by atoms with van der Waals surface area (Å²) in [7, 11) is 0. The fourth-order valence-electron chi connectivity index (χ4n) is 0.204. The van der Waals surface area contributed by atoms with Gasteiger partial charge in [-0.15, -0.1) is 0 Å². The highest BCUT2D eigenvalue weighted by atomic mass is 32.2. The zero-order chi connectivity index (χ0) is 4.83. The second-order valence-corrected chi connectivity index (χ2v) is 1.80. The maximum absolute atomic E-state index is 3.11. The average molecular weight is 105 g/mol. The van der Waals surface area contributed by atoms with Crippen LogP contribution >= 0.6 is 11.9 Å². The Morgan fingerprint density at radius 2 is 2.33 bits per heavy atom. The van der Waals surface area contributed by atoms with E-state index in [1.165, 1.54) is 6.42 Å². The van der Waals surface area contributed by atoms with Gasteiger partial charge in [0, 0.05) is 6.54 Å². The first-order chi connectivity index (χ1) is 2.91. The molecule has 0 radical (unpaired) electrons. The van der Waals surface area contributed by atoms with Crippen molar-refractivity contribution in [3.8, 4) is 0 Å². The van der Waals surface area contributed by atoms with Gasteiger partial charge < -0.3 is 0 Å². The first kappa shape index (κ1) is 6.31. The summed E-state index contributed by atoms with van der Waals surface area (Å²) in [6.07, 6.45) is 3.26. The molecule has 0 fully saturated rings. The second kappa shape index (κ2) is 5.31. The summed E-state index contributed by atoms with van der Waals surface area (Å²) in [5.74, 6) is 0. The number of nitrogens with one attached hydrogen (secondary N) is 1. The van der Waals surface area contributed by atoms with Gasteiger partial charge in [-0.05, 0) is 12.7 Å². The Morgan fingerprint density at radius 3 is 2.50 bits per heavy atom. The molecule has 0 amide bonds. The zero-order valence-electron chi connectivity index (χ0n) is 4.32. The fraction of sp³-hybridized carbons (Fsp3) is 1.00. The van der Waals surface area contributed by atoms with E-state index >= 15 is 0 Å². The fourth-order valence-corrected chi connectivity index (χ4v) is 0.612. The minimum absolute atomic E-state index is 1.13. The Morgan fingerprint density at radius 1 is 1.67 bits per heavy atom. The molecule has 0 spiro atoms.